The smallest absolute Gasteiger partial charge is 0.329 e. The zero-order chi connectivity index (χ0) is 17.5. The fourth-order valence-electron chi connectivity index (χ4n) is 1.99. The molecule has 0 aliphatic heterocycles. The summed E-state index contributed by atoms with van der Waals surface area (Å²) in [6.07, 6.45) is 0.379. The van der Waals surface area contributed by atoms with Crippen LogP contribution in [0.25, 0.3) is 0 Å². The Kier molecular flexibility index (Phi) is 7.58. The van der Waals surface area contributed by atoms with Crippen LogP contribution in [0.15, 0.2) is 30.3 Å². The molecule has 128 valence electrons. The van der Waals surface area contributed by atoms with Crippen LogP contribution in [0.4, 0.5) is 0 Å². The molecule has 0 fully saturated rings. The number of ether oxygens (including phenoxy) is 1. The van der Waals surface area contributed by atoms with Crippen LogP contribution in [0.5, 0.6) is 0 Å². The zero-order valence-electron chi connectivity index (χ0n) is 14.1. The van der Waals surface area contributed by atoms with E-state index in [0.717, 1.165) is 5.56 Å². The molecule has 1 aromatic carbocycles. The van der Waals surface area contributed by atoms with Gasteiger partial charge in [0, 0.05) is 12.2 Å². The molecule has 0 heterocycles. The molecule has 5 nitrogen and oxygen atoms in total. The maximum atomic E-state index is 12.4. The van der Waals surface area contributed by atoms with Crippen LogP contribution in [0.2, 0.25) is 0 Å². The average molecular weight is 338 g/mol. The third-order valence-electron chi connectivity index (χ3n) is 3.14. The van der Waals surface area contributed by atoms with Gasteiger partial charge in [0.2, 0.25) is 5.91 Å². The molecule has 0 aliphatic carbocycles. The molecule has 6 heteroatoms. The molecule has 0 saturated carbocycles. The Balaban J connectivity index is 2.87. The third-order valence-corrected chi connectivity index (χ3v) is 3.50. The third kappa shape index (κ3) is 7.05. The monoisotopic (exact) mass is 338 g/mol. The van der Waals surface area contributed by atoms with Crippen molar-refractivity contribution in [2.75, 3.05) is 12.8 Å². The summed E-state index contributed by atoms with van der Waals surface area (Å²) in [5, 5.41) is 5.63. The molecular formula is C17H26N2O3S. The van der Waals surface area contributed by atoms with Gasteiger partial charge in [0.05, 0.1) is 6.04 Å². The highest BCUT2D eigenvalue weighted by Crippen LogP contribution is 2.11. The predicted octanol–water partition coefficient (Wildman–Crippen LogP) is 1.57. The van der Waals surface area contributed by atoms with E-state index in [1.54, 1.807) is 27.8 Å². The zero-order valence-corrected chi connectivity index (χ0v) is 15.0. The number of hydrogen-bond donors (Lipinski definition) is 3. The molecule has 2 N–H and O–H groups in total. The van der Waals surface area contributed by atoms with Crippen molar-refractivity contribution in [2.24, 2.45) is 0 Å². The molecule has 0 bridgehead atoms. The van der Waals surface area contributed by atoms with Crippen molar-refractivity contribution >= 4 is 24.5 Å². The first-order chi connectivity index (χ1) is 10.8. The highest BCUT2D eigenvalue weighted by Gasteiger charge is 2.28. The van der Waals surface area contributed by atoms with Crippen molar-refractivity contribution in [3.63, 3.8) is 0 Å². The van der Waals surface area contributed by atoms with E-state index >= 15 is 0 Å². The van der Waals surface area contributed by atoms with Crippen molar-refractivity contribution in [3.05, 3.63) is 35.9 Å². The van der Waals surface area contributed by atoms with Gasteiger partial charge in [-0.05, 0) is 33.4 Å². The molecule has 0 radical (unpaired) electrons. The lowest BCUT2D eigenvalue weighted by Crippen LogP contribution is -2.52. The molecule has 2 atom stereocenters. The summed E-state index contributed by atoms with van der Waals surface area (Å²) in [4.78, 5) is 24.7. The second kappa shape index (κ2) is 8.93. The maximum Gasteiger partial charge on any atom is 0.329 e. The van der Waals surface area contributed by atoms with Crippen molar-refractivity contribution in [1.29, 1.82) is 0 Å². The molecule has 0 saturated heterocycles. The normalized spacial score (nSPS) is 14.0. The minimum Gasteiger partial charge on any atom is -0.458 e. The molecular weight excluding hydrogens is 312 g/mol. The van der Waals surface area contributed by atoms with Crippen molar-refractivity contribution in [2.45, 2.75) is 44.9 Å². The number of carbonyl (C=O) groups is 2. The Morgan fingerprint density at radius 2 is 1.78 bits per heavy atom. The largest absolute Gasteiger partial charge is 0.458 e. The van der Waals surface area contributed by atoms with E-state index in [1.807, 2.05) is 30.3 Å². The second-order valence-electron chi connectivity index (χ2n) is 6.31. The van der Waals surface area contributed by atoms with E-state index in [2.05, 4.69) is 23.3 Å². The average Bonchev–Trinajstić information content (AvgIpc) is 2.47. The number of hydrogen-bond acceptors (Lipinski definition) is 5. The van der Waals surface area contributed by atoms with Crippen LogP contribution < -0.4 is 10.6 Å². The van der Waals surface area contributed by atoms with Crippen LogP contribution in [-0.2, 0) is 20.7 Å². The summed E-state index contributed by atoms with van der Waals surface area (Å²) in [6.45, 7) is 5.41. The molecule has 1 aromatic rings. The van der Waals surface area contributed by atoms with Gasteiger partial charge in [-0.1, -0.05) is 30.3 Å². The van der Waals surface area contributed by atoms with Crippen LogP contribution >= 0.6 is 12.6 Å². The SMILES string of the molecule is CN[C@@H](CS)C(=O)N[C@@H](Cc1ccccc1)C(=O)OC(C)(C)C. The Hall–Kier alpha value is -1.53. The number of nitrogens with one attached hydrogen (secondary N) is 2. The van der Waals surface area contributed by atoms with E-state index in [0.29, 0.717) is 12.2 Å². The number of carbonyl (C=O) groups excluding carboxylic acids is 2. The molecule has 0 spiro atoms. The summed E-state index contributed by atoms with van der Waals surface area (Å²) in [5.41, 5.74) is 0.346. The quantitative estimate of drug-likeness (QED) is 0.521. The molecule has 0 aliphatic rings. The molecule has 23 heavy (non-hydrogen) atoms. The van der Waals surface area contributed by atoms with E-state index < -0.39 is 23.7 Å². The lowest BCUT2D eigenvalue weighted by atomic mass is 10.1. The highest BCUT2D eigenvalue weighted by molar-refractivity contribution is 7.80. The lowest BCUT2D eigenvalue weighted by Gasteiger charge is -2.26. The van der Waals surface area contributed by atoms with Gasteiger partial charge in [0.1, 0.15) is 11.6 Å². The van der Waals surface area contributed by atoms with Crippen LogP contribution in [0.3, 0.4) is 0 Å². The van der Waals surface area contributed by atoms with Gasteiger partial charge >= 0.3 is 5.97 Å². The van der Waals surface area contributed by atoms with Crippen molar-refractivity contribution in [1.82, 2.24) is 10.6 Å². The number of esters is 1. The number of likely N-dealkylation sites (N-methyl/N-ethyl adjacent to an activating group) is 1. The molecule has 1 rings (SSSR count). The van der Waals surface area contributed by atoms with Gasteiger partial charge in [-0.25, -0.2) is 4.79 Å². The van der Waals surface area contributed by atoms with Crippen LogP contribution in [0.1, 0.15) is 26.3 Å². The van der Waals surface area contributed by atoms with Gasteiger partial charge in [-0.3, -0.25) is 4.79 Å². The summed E-state index contributed by atoms with van der Waals surface area (Å²) < 4.78 is 5.43. The first kappa shape index (κ1) is 19.5. The van der Waals surface area contributed by atoms with E-state index in [9.17, 15) is 9.59 Å². The summed E-state index contributed by atoms with van der Waals surface area (Å²) >= 11 is 4.14. The lowest BCUT2D eigenvalue weighted by molar-refractivity contribution is -0.158. The topological polar surface area (TPSA) is 67.4 Å². The Labute approximate surface area is 143 Å². The number of amides is 1. The molecule has 0 unspecified atom stereocenters. The maximum absolute atomic E-state index is 12.4. The minimum atomic E-state index is -0.736. The summed E-state index contributed by atoms with van der Waals surface area (Å²) in [5.74, 6) is -0.368. The van der Waals surface area contributed by atoms with E-state index in [1.165, 1.54) is 0 Å². The Morgan fingerprint density at radius 3 is 2.26 bits per heavy atom. The first-order valence-electron chi connectivity index (χ1n) is 7.62. The number of benzene rings is 1. The Morgan fingerprint density at radius 1 is 1.17 bits per heavy atom. The van der Waals surface area contributed by atoms with Gasteiger partial charge in [-0.15, -0.1) is 0 Å². The van der Waals surface area contributed by atoms with Crippen molar-refractivity contribution in [3.8, 4) is 0 Å². The Bertz CT molecular complexity index is 510. The standard InChI is InChI=1S/C17H26N2O3S/c1-17(2,3)22-16(21)13(10-12-8-6-5-7-9-12)19-15(20)14(11-23)18-4/h5-9,13-14,18,23H,10-11H2,1-4H3,(H,19,20)/t13-,14-/m0/s1. The van der Waals surface area contributed by atoms with Crippen molar-refractivity contribution < 1.29 is 14.3 Å². The van der Waals surface area contributed by atoms with Gasteiger partial charge in [-0.2, -0.15) is 12.6 Å². The van der Waals surface area contributed by atoms with Crippen LogP contribution in [-0.4, -0.2) is 42.4 Å². The van der Waals surface area contributed by atoms with E-state index in [4.69, 9.17) is 4.74 Å². The minimum absolute atomic E-state index is 0.269. The summed E-state index contributed by atoms with van der Waals surface area (Å²) in [6, 6.07) is 8.33. The fourth-order valence-corrected chi connectivity index (χ4v) is 2.34. The van der Waals surface area contributed by atoms with Crippen LogP contribution in [0, 0.1) is 0 Å². The predicted molar refractivity (Wildman–Crippen MR) is 94.6 cm³/mol. The summed E-state index contributed by atoms with van der Waals surface area (Å²) in [7, 11) is 1.68. The number of rotatable bonds is 7. The van der Waals surface area contributed by atoms with Gasteiger partial charge < -0.3 is 15.4 Å². The second-order valence-corrected chi connectivity index (χ2v) is 6.67. The number of thiol groups is 1. The van der Waals surface area contributed by atoms with Gasteiger partial charge in [0.25, 0.3) is 0 Å². The molecule has 0 aromatic heterocycles. The highest BCUT2D eigenvalue weighted by atomic mass is 32.1. The molecule has 1 amide bonds. The van der Waals surface area contributed by atoms with Gasteiger partial charge in [0.15, 0.2) is 0 Å². The van der Waals surface area contributed by atoms with E-state index in [-0.39, 0.29) is 5.91 Å². The fraction of sp³-hybridized carbons (Fsp3) is 0.529. The first-order valence-corrected chi connectivity index (χ1v) is 8.25.